The Hall–Kier alpha value is -3.04. The summed E-state index contributed by atoms with van der Waals surface area (Å²) in [5.41, 5.74) is 5.12. The van der Waals surface area contributed by atoms with Gasteiger partial charge in [-0.3, -0.25) is 10.1 Å². The molecule has 2 N–H and O–H groups in total. The molecule has 20 heavy (non-hydrogen) atoms. The lowest BCUT2D eigenvalue weighted by atomic mass is 10.4. The minimum Gasteiger partial charge on any atom is -0.462 e. The normalized spacial score (nSPS) is 10.2. The summed E-state index contributed by atoms with van der Waals surface area (Å²) in [6.45, 7) is 1.88. The summed E-state index contributed by atoms with van der Waals surface area (Å²) in [5.74, 6) is -0.991. The molecule has 0 aliphatic carbocycles. The van der Waals surface area contributed by atoms with Crippen LogP contribution in [0.1, 0.15) is 17.3 Å². The predicted molar refractivity (Wildman–Crippen MR) is 66.2 cm³/mol. The van der Waals surface area contributed by atoms with Crippen molar-refractivity contribution in [3.05, 3.63) is 34.4 Å². The number of aromatic nitrogens is 4. The van der Waals surface area contributed by atoms with Crippen LogP contribution in [-0.4, -0.2) is 37.2 Å². The molecule has 0 radical (unpaired) electrons. The lowest BCUT2D eigenvalue weighted by Crippen LogP contribution is -2.08. The van der Waals surface area contributed by atoms with E-state index in [0.717, 1.165) is 11.0 Å². The van der Waals surface area contributed by atoms with E-state index >= 15 is 0 Å². The zero-order chi connectivity index (χ0) is 14.7. The first-order valence-electron chi connectivity index (χ1n) is 5.51. The van der Waals surface area contributed by atoms with E-state index in [1.165, 1.54) is 12.4 Å². The molecule has 2 aromatic rings. The van der Waals surface area contributed by atoms with Gasteiger partial charge in [-0.1, -0.05) is 0 Å². The maximum atomic E-state index is 11.5. The molecule has 0 amide bonds. The fourth-order valence-corrected chi connectivity index (χ4v) is 1.48. The monoisotopic (exact) mass is 278 g/mol. The number of esters is 1. The molecule has 2 rings (SSSR count). The molecule has 10 nitrogen and oxygen atoms in total. The molecule has 0 aromatic carbocycles. The van der Waals surface area contributed by atoms with Crippen LogP contribution in [-0.2, 0) is 4.74 Å². The van der Waals surface area contributed by atoms with E-state index in [-0.39, 0.29) is 23.8 Å². The highest BCUT2D eigenvalue weighted by atomic mass is 16.6. The lowest BCUT2D eigenvalue weighted by molar-refractivity contribution is -0.384. The van der Waals surface area contributed by atoms with Gasteiger partial charge in [-0.15, -0.1) is 0 Å². The molecule has 0 saturated heterocycles. The third-order valence-corrected chi connectivity index (χ3v) is 2.32. The Morgan fingerprint density at radius 1 is 1.55 bits per heavy atom. The molecule has 104 valence electrons. The number of hydrogen-bond acceptors (Lipinski definition) is 8. The van der Waals surface area contributed by atoms with E-state index in [4.69, 9.17) is 10.5 Å². The third-order valence-electron chi connectivity index (χ3n) is 2.32. The smallest absolute Gasteiger partial charge is 0.355 e. The highest BCUT2D eigenvalue weighted by Crippen LogP contribution is 2.24. The van der Waals surface area contributed by atoms with E-state index in [2.05, 4.69) is 15.1 Å². The second-order valence-electron chi connectivity index (χ2n) is 3.58. The van der Waals surface area contributed by atoms with Crippen molar-refractivity contribution in [1.29, 1.82) is 0 Å². The molecule has 0 aliphatic heterocycles. The van der Waals surface area contributed by atoms with Crippen molar-refractivity contribution in [2.75, 3.05) is 12.3 Å². The van der Waals surface area contributed by atoms with Crippen LogP contribution >= 0.6 is 0 Å². The molecule has 0 atom stereocenters. The zero-order valence-electron chi connectivity index (χ0n) is 10.4. The summed E-state index contributed by atoms with van der Waals surface area (Å²) in [6.07, 6.45) is 3.57. The average Bonchev–Trinajstić information content (AvgIpc) is 2.87. The summed E-state index contributed by atoms with van der Waals surface area (Å²) in [5, 5.41) is 14.8. The van der Waals surface area contributed by atoms with Crippen molar-refractivity contribution in [1.82, 2.24) is 19.7 Å². The van der Waals surface area contributed by atoms with Gasteiger partial charge < -0.3 is 10.5 Å². The van der Waals surface area contributed by atoms with E-state index in [9.17, 15) is 14.9 Å². The molecule has 0 unspecified atom stereocenters. The van der Waals surface area contributed by atoms with Crippen LogP contribution in [0.5, 0.6) is 0 Å². The van der Waals surface area contributed by atoms with Gasteiger partial charge in [0.05, 0.1) is 23.3 Å². The first-order chi connectivity index (χ1) is 9.54. The van der Waals surface area contributed by atoms with Crippen LogP contribution in [0.2, 0.25) is 0 Å². The number of nitrogens with zero attached hydrogens (tertiary/aromatic N) is 5. The number of carbonyl (C=O) groups is 1. The van der Waals surface area contributed by atoms with Crippen molar-refractivity contribution in [2.45, 2.75) is 6.92 Å². The number of nitrogen functional groups attached to an aromatic ring is 1. The second kappa shape index (κ2) is 5.30. The minimum absolute atomic E-state index is 0.127. The molecular formula is C10H10N6O4. The highest BCUT2D eigenvalue weighted by molar-refractivity contribution is 5.88. The maximum absolute atomic E-state index is 11.5. The standard InChI is InChI=1S/C10H10N6O4/c1-2-20-10(17)6-3-14-15(4-6)9-7(16(18)19)8(11)12-5-13-9/h3-5H,2H2,1H3,(H2,11,12,13). The Morgan fingerprint density at radius 2 is 2.30 bits per heavy atom. The first-order valence-corrected chi connectivity index (χ1v) is 5.51. The van der Waals surface area contributed by atoms with Crippen LogP contribution in [0.4, 0.5) is 11.5 Å². The molecule has 2 heterocycles. The largest absolute Gasteiger partial charge is 0.462 e. The highest BCUT2D eigenvalue weighted by Gasteiger charge is 2.23. The van der Waals surface area contributed by atoms with Gasteiger partial charge in [0.25, 0.3) is 0 Å². The molecular weight excluding hydrogens is 268 g/mol. The van der Waals surface area contributed by atoms with Crippen LogP contribution in [0.15, 0.2) is 18.7 Å². The summed E-state index contributed by atoms with van der Waals surface area (Å²) < 4.78 is 5.87. The molecule has 0 fully saturated rings. The summed E-state index contributed by atoms with van der Waals surface area (Å²) in [7, 11) is 0. The van der Waals surface area contributed by atoms with Gasteiger partial charge in [0.15, 0.2) is 0 Å². The topological polar surface area (TPSA) is 139 Å². The van der Waals surface area contributed by atoms with Crippen LogP contribution in [0.3, 0.4) is 0 Å². The quantitative estimate of drug-likeness (QED) is 0.479. The van der Waals surface area contributed by atoms with Crippen molar-refractivity contribution < 1.29 is 14.5 Å². The number of rotatable bonds is 4. The molecule has 2 aromatic heterocycles. The van der Waals surface area contributed by atoms with Gasteiger partial charge >= 0.3 is 11.7 Å². The molecule has 0 aliphatic rings. The molecule has 0 saturated carbocycles. The van der Waals surface area contributed by atoms with Gasteiger partial charge in [-0.2, -0.15) is 5.10 Å². The van der Waals surface area contributed by atoms with E-state index in [1.807, 2.05) is 0 Å². The predicted octanol–water partition coefficient (Wildman–Crippen LogP) is 0.329. The number of hydrogen-bond donors (Lipinski definition) is 1. The van der Waals surface area contributed by atoms with Crippen molar-refractivity contribution in [2.24, 2.45) is 0 Å². The Morgan fingerprint density at radius 3 is 2.95 bits per heavy atom. The number of carbonyl (C=O) groups excluding carboxylic acids is 1. The molecule has 0 bridgehead atoms. The summed E-state index contributed by atoms with van der Waals surface area (Å²) >= 11 is 0. The van der Waals surface area contributed by atoms with Crippen molar-refractivity contribution >= 4 is 17.5 Å². The Bertz CT molecular complexity index is 668. The fraction of sp³-hybridized carbons (Fsp3) is 0.200. The number of nitrogens with two attached hydrogens (primary N) is 1. The van der Waals surface area contributed by atoms with Crippen LogP contribution in [0, 0.1) is 10.1 Å². The van der Waals surface area contributed by atoms with Crippen LogP contribution in [0.25, 0.3) is 5.82 Å². The van der Waals surface area contributed by atoms with Crippen molar-refractivity contribution in [3.63, 3.8) is 0 Å². The van der Waals surface area contributed by atoms with E-state index in [1.54, 1.807) is 6.92 Å². The SMILES string of the molecule is CCOC(=O)c1cnn(-c2ncnc(N)c2[N+](=O)[O-])c1. The van der Waals surface area contributed by atoms with E-state index < -0.39 is 16.6 Å². The van der Waals surface area contributed by atoms with E-state index in [0.29, 0.717) is 0 Å². The summed E-state index contributed by atoms with van der Waals surface area (Å²) in [4.78, 5) is 29.1. The Kier molecular flexibility index (Phi) is 3.55. The molecule has 10 heteroatoms. The Labute approximate surface area is 112 Å². The fourth-order valence-electron chi connectivity index (χ4n) is 1.48. The van der Waals surface area contributed by atoms with Gasteiger partial charge in [0.2, 0.25) is 11.6 Å². The van der Waals surface area contributed by atoms with Gasteiger partial charge in [0.1, 0.15) is 6.33 Å². The van der Waals surface area contributed by atoms with Gasteiger partial charge in [0, 0.05) is 6.20 Å². The average molecular weight is 278 g/mol. The zero-order valence-corrected chi connectivity index (χ0v) is 10.4. The van der Waals surface area contributed by atoms with Gasteiger partial charge in [-0.05, 0) is 6.92 Å². The molecule has 0 spiro atoms. The lowest BCUT2D eigenvalue weighted by Gasteiger charge is -2.02. The first kappa shape index (κ1) is 13.4. The van der Waals surface area contributed by atoms with Crippen molar-refractivity contribution in [3.8, 4) is 5.82 Å². The second-order valence-corrected chi connectivity index (χ2v) is 3.58. The number of anilines is 1. The third kappa shape index (κ3) is 2.39. The summed E-state index contributed by atoms with van der Waals surface area (Å²) in [6, 6.07) is 0. The maximum Gasteiger partial charge on any atom is 0.355 e. The number of nitro groups is 1. The Balaban J connectivity index is 2.45. The number of ether oxygens (including phenoxy) is 1. The van der Waals surface area contributed by atoms with Gasteiger partial charge in [-0.25, -0.2) is 19.4 Å². The minimum atomic E-state index is -0.712. The van der Waals surface area contributed by atoms with Crippen LogP contribution < -0.4 is 5.73 Å².